The summed E-state index contributed by atoms with van der Waals surface area (Å²) in [6.07, 6.45) is 0.0102. The summed E-state index contributed by atoms with van der Waals surface area (Å²) in [5.74, 6) is -1.04. The maximum Gasteiger partial charge on any atom is 0.243 e. The van der Waals surface area contributed by atoms with E-state index in [0.29, 0.717) is 10.7 Å². The van der Waals surface area contributed by atoms with Gasteiger partial charge in [0.05, 0.1) is 0 Å². The van der Waals surface area contributed by atoms with Gasteiger partial charge in [-0.1, -0.05) is 23.7 Å². The van der Waals surface area contributed by atoms with E-state index in [1.807, 2.05) is 0 Å². The van der Waals surface area contributed by atoms with Crippen LogP contribution in [0.3, 0.4) is 0 Å². The van der Waals surface area contributed by atoms with E-state index in [1.54, 1.807) is 24.3 Å². The van der Waals surface area contributed by atoms with Crippen LogP contribution in [-0.4, -0.2) is 26.9 Å². The molecule has 8 heteroatoms. The predicted octanol–water partition coefficient (Wildman–Crippen LogP) is 2.56. The van der Waals surface area contributed by atoms with Crippen molar-refractivity contribution < 1.29 is 17.6 Å². The molecule has 0 bridgehead atoms. The molecule has 1 fully saturated rings. The van der Waals surface area contributed by atoms with E-state index in [2.05, 4.69) is 4.72 Å². The number of nitrogens with zero attached hydrogens (tertiary/aromatic N) is 1. The fourth-order valence-electron chi connectivity index (χ4n) is 2.60. The van der Waals surface area contributed by atoms with Gasteiger partial charge in [-0.2, -0.15) is 0 Å². The maximum absolute atomic E-state index is 13.7. The number of carbonyl (C=O) groups is 1. The molecule has 126 valence electrons. The van der Waals surface area contributed by atoms with Crippen molar-refractivity contribution in [1.29, 1.82) is 0 Å². The number of amides is 1. The van der Waals surface area contributed by atoms with Gasteiger partial charge in [0, 0.05) is 29.7 Å². The van der Waals surface area contributed by atoms with Crippen molar-refractivity contribution in [2.45, 2.75) is 17.4 Å². The molecule has 0 unspecified atom stereocenters. The Morgan fingerprint density at radius 2 is 1.79 bits per heavy atom. The zero-order valence-corrected chi connectivity index (χ0v) is 14.0. The number of sulfonamides is 1. The summed E-state index contributed by atoms with van der Waals surface area (Å²) in [6.45, 7) is 0.175. The van der Waals surface area contributed by atoms with Gasteiger partial charge in [-0.25, -0.2) is 17.5 Å². The first-order valence-electron chi connectivity index (χ1n) is 7.19. The molecule has 0 aromatic heterocycles. The summed E-state index contributed by atoms with van der Waals surface area (Å²) in [7, 11) is -4.04. The van der Waals surface area contributed by atoms with Gasteiger partial charge in [0.25, 0.3) is 0 Å². The van der Waals surface area contributed by atoms with E-state index < -0.39 is 26.8 Å². The monoisotopic (exact) mass is 368 g/mol. The molecule has 0 saturated carbocycles. The summed E-state index contributed by atoms with van der Waals surface area (Å²) in [5, 5.41) is 0.544. The first-order chi connectivity index (χ1) is 11.4. The number of hydrogen-bond acceptors (Lipinski definition) is 3. The molecule has 1 saturated heterocycles. The smallest absolute Gasteiger partial charge is 0.243 e. The lowest BCUT2D eigenvalue weighted by atomic mass is 10.3. The average Bonchev–Trinajstić information content (AvgIpc) is 2.88. The second-order valence-corrected chi connectivity index (χ2v) is 7.55. The molecule has 0 radical (unpaired) electrons. The van der Waals surface area contributed by atoms with Gasteiger partial charge in [0.15, 0.2) is 0 Å². The van der Waals surface area contributed by atoms with Crippen LogP contribution < -0.4 is 9.62 Å². The predicted molar refractivity (Wildman–Crippen MR) is 88.9 cm³/mol. The molecule has 0 aliphatic carbocycles. The van der Waals surface area contributed by atoms with Gasteiger partial charge in [0.1, 0.15) is 10.7 Å². The molecular weight excluding hydrogens is 355 g/mol. The number of halogens is 2. The standard InChI is InChI=1S/C16H14ClFN2O3S/c17-11-5-7-13(8-6-11)20-10-12(9-16(20)21)19-24(22,23)15-4-2-1-3-14(15)18/h1-8,12,19H,9-10H2/t12-/m0/s1. The molecule has 2 aromatic rings. The fraction of sp³-hybridized carbons (Fsp3) is 0.188. The van der Waals surface area contributed by atoms with Crippen molar-refractivity contribution in [2.24, 2.45) is 0 Å². The third-order valence-electron chi connectivity index (χ3n) is 3.71. The van der Waals surface area contributed by atoms with E-state index in [9.17, 15) is 17.6 Å². The van der Waals surface area contributed by atoms with Crippen LogP contribution >= 0.6 is 11.6 Å². The highest BCUT2D eigenvalue weighted by Crippen LogP contribution is 2.24. The third-order valence-corrected chi connectivity index (χ3v) is 5.52. The Hall–Kier alpha value is -1.96. The Bertz CT molecular complexity index is 871. The normalized spacial score (nSPS) is 18.2. The molecule has 1 atom stereocenters. The van der Waals surface area contributed by atoms with Gasteiger partial charge in [-0.3, -0.25) is 4.79 Å². The highest BCUT2D eigenvalue weighted by Gasteiger charge is 2.34. The van der Waals surface area contributed by atoms with E-state index in [0.717, 1.165) is 6.07 Å². The molecule has 1 aliphatic rings. The second kappa shape index (κ2) is 6.51. The number of rotatable bonds is 4. The molecule has 24 heavy (non-hydrogen) atoms. The van der Waals surface area contributed by atoms with E-state index in [1.165, 1.54) is 23.1 Å². The summed E-state index contributed by atoms with van der Waals surface area (Å²) in [4.78, 5) is 13.2. The highest BCUT2D eigenvalue weighted by molar-refractivity contribution is 7.89. The molecule has 5 nitrogen and oxygen atoms in total. The van der Waals surface area contributed by atoms with Crippen molar-refractivity contribution in [3.63, 3.8) is 0 Å². The first-order valence-corrected chi connectivity index (χ1v) is 9.06. The fourth-order valence-corrected chi connectivity index (χ4v) is 4.03. The van der Waals surface area contributed by atoms with Crippen LogP contribution in [0, 0.1) is 5.82 Å². The summed E-state index contributed by atoms with van der Waals surface area (Å²) in [6, 6.07) is 11.2. The van der Waals surface area contributed by atoms with Crippen LogP contribution in [0.4, 0.5) is 10.1 Å². The second-order valence-electron chi connectivity index (χ2n) is 5.43. The Morgan fingerprint density at radius 3 is 2.46 bits per heavy atom. The minimum absolute atomic E-state index is 0.0102. The lowest BCUT2D eigenvalue weighted by molar-refractivity contribution is -0.117. The molecule has 2 aromatic carbocycles. The lowest BCUT2D eigenvalue weighted by Crippen LogP contribution is -2.37. The third kappa shape index (κ3) is 3.43. The SMILES string of the molecule is O=C1C[C@H](NS(=O)(=O)c2ccccc2F)CN1c1ccc(Cl)cc1. The molecule has 1 heterocycles. The number of anilines is 1. The number of benzene rings is 2. The Balaban J connectivity index is 1.77. The Kier molecular flexibility index (Phi) is 4.58. The van der Waals surface area contributed by atoms with Crippen molar-refractivity contribution in [2.75, 3.05) is 11.4 Å². The van der Waals surface area contributed by atoms with E-state index in [4.69, 9.17) is 11.6 Å². The number of carbonyl (C=O) groups excluding carboxylic acids is 1. The summed E-state index contributed by atoms with van der Waals surface area (Å²) in [5.41, 5.74) is 0.636. The quantitative estimate of drug-likeness (QED) is 0.902. The zero-order chi connectivity index (χ0) is 17.3. The van der Waals surface area contributed by atoms with Crippen LogP contribution in [0.15, 0.2) is 53.4 Å². The van der Waals surface area contributed by atoms with Crippen molar-refractivity contribution in [3.8, 4) is 0 Å². The van der Waals surface area contributed by atoms with Gasteiger partial charge >= 0.3 is 0 Å². The minimum Gasteiger partial charge on any atom is -0.311 e. The van der Waals surface area contributed by atoms with Crippen LogP contribution in [0.25, 0.3) is 0 Å². The summed E-state index contributed by atoms with van der Waals surface area (Å²) >= 11 is 5.82. The van der Waals surface area contributed by atoms with Gasteiger partial charge in [-0.15, -0.1) is 0 Å². The number of hydrogen-bond donors (Lipinski definition) is 1. The Labute approximate surface area is 144 Å². The molecule has 3 rings (SSSR count). The zero-order valence-electron chi connectivity index (χ0n) is 12.4. The van der Waals surface area contributed by atoms with E-state index >= 15 is 0 Å². The Morgan fingerprint density at radius 1 is 1.12 bits per heavy atom. The first kappa shape index (κ1) is 16.9. The number of nitrogens with one attached hydrogen (secondary N) is 1. The van der Waals surface area contributed by atoms with Gasteiger partial charge in [0.2, 0.25) is 15.9 Å². The van der Waals surface area contributed by atoms with Crippen LogP contribution in [0.5, 0.6) is 0 Å². The maximum atomic E-state index is 13.7. The van der Waals surface area contributed by atoms with Crippen LogP contribution in [0.2, 0.25) is 5.02 Å². The lowest BCUT2D eigenvalue weighted by Gasteiger charge is -2.17. The van der Waals surface area contributed by atoms with Crippen LogP contribution in [0.1, 0.15) is 6.42 Å². The largest absolute Gasteiger partial charge is 0.311 e. The minimum atomic E-state index is -4.04. The van der Waals surface area contributed by atoms with Crippen LogP contribution in [-0.2, 0) is 14.8 Å². The summed E-state index contributed by atoms with van der Waals surface area (Å²) < 4.78 is 40.7. The molecule has 0 spiro atoms. The van der Waals surface area contributed by atoms with Gasteiger partial charge in [-0.05, 0) is 36.4 Å². The van der Waals surface area contributed by atoms with E-state index in [-0.39, 0.29) is 18.9 Å². The van der Waals surface area contributed by atoms with Crippen molar-refractivity contribution in [1.82, 2.24) is 4.72 Å². The molecular formula is C16H14ClFN2O3S. The van der Waals surface area contributed by atoms with Crippen molar-refractivity contribution >= 4 is 33.2 Å². The van der Waals surface area contributed by atoms with Gasteiger partial charge < -0.3 is 4.90 Å². The van der Waals surface area contributed by atoms with Crippen molar-refractivity contribution in [3.05, 3.63) is 59.4 Å². The topological polar surface area (TPSA) is 66.5 Å². The highest BCUT2D eigenvalue weighted by atomic mass is 35.5. The average molecular weight is 369 g/mol. The molecule has 1 aliphatic heterocycles. The molecule has 1 amide bonds. The molecule has 1 N–H and O–H groups in total.